The van der Waals surface area contributed by atoms with Crippen molar-refractivity contribution in [3.05, 3.63) is 26.0 Å². The van der Waals surface area contributed by atoms with Crippen LogP contribution in [0, 0.1) is 3.70 Å². The number of nitrogens with zero attached hydrogens (tertiary/aromatic N) is 1. The van der Waals surface area contributed by atoms with E-state index in [-0.39, 0.29) is 17.0 Å². The Morgan fingerprint density at radius 2 is 2.23 bits per heavy atom. The second-order valence-electron chi connectivity index (χ2n) is 2.14. The zero-order chi connectivity index (χ0) is 10.0. The summed E-state index contributed by atoms with van der Waals surface area (Å²) in [5.74, 6) is 0. The summed E-state index contributed by atoms with van der Waals surface area (Å²) in [7, 11) is 0. The number of alkyl halides is 2. The van der Waals surface area contributed by atoms with E-state index in [2.05, 4.69) is 4.98 Å². The molecule has 1 aromatic rings. The summed E-state index contributed by atoms with van der Waals surface area (Å²) >= 11 is 7.32. The van der Waals surface area contributed by atoms with Gasteiger partial charge in [-0.3, -0.25) is 4.79 Å². The third kappa shape index (κ3) is 2.34. The predicted octanol–water partition coefficient (Wildman–Crippen LogP) is 3.09. The van der Waals surface area contributed by atoms with Crippen LogP contribution in [0.1, 0.15) is 22.5 Å². The third-order valence-corrected chi connectivity index (χ3v) is 2.20. The lowest BCUT2D eigenvalue weighted by Crippen LogP contribution is -2.00. The molecule has 13 heavy (non-hydrogen) atoms. The predicted molar refractivity (Wildman–Crippen MR) is 52.3 cm³/mol. The highest BCUT2D eigenvalue weighted by molar-refractivity contribution is 14.1. The summed E-state index contributed by atoms with van der Waals surface area (Å²) in [5, 5.41) is -0.128. The first-order valence-electron chi connectivity index (χ1n) is 3.15. The lowest BCUT2D eigenvalue weighted by molar-refractivity contribution is 0.110. The van der Waals surface area contributed by atoms with Crippen molar-refractivity contribution in [2.24, 2.45) is 0 Å². The van der Waals surface area contributed by atoms with E-state index in [4.69, 9.17) is 11.6 Å². The molecule has 0 aliphatic rings. The first kappa shape index (κ1) is 10.8. The van der Waals surface area contributed by atoms with Gasteiger partial charge >= 0.3 is 0 Å². The number of halogens is 4. The second kappa shape index (κ2) is 4.28. The Kier molecular flexibility index (Phi) is 3.55. The van der Waals surface area contributed by atoms with Gasteiger partial charge in [-0.15, -0.1) is 0 Å². The lowest BCUT2D eigenvalue weighted by atomic mass is 10.2. The van der Waals surface area contributed by atoms with Gasteiger partial charge in [0.1, 0.15) is 9.39 Å². The summed E-state index contributed by atoms with van der Waals surface area (Å²) in [4.78, 5) is 14.0. The molecule has 0 saturated carbocycles. The minimum absolute atomic E-state index is 0.128. The van der Waals surface area contributed by atoms with E-state index in [0.29, 0.717) is 3.70 Å². The number of aromatic nitrogens is 1. The van der Waals surface area contributed by atoms with Gasteiger partial charge in [-0.1, -0.05) is 11.6 Å². The summed E-state index contributed by atoms with van der Waals surface area (Å²) in [6, 6.07) is 1.29. The van der Waals surface area contributed by atoms with Crippen molar-refractivity contribution in [3.63, 3.8) is 0 Å². The Balaban J connectivity index is 3.38. The van der Waals surface area contributed by atoms with Crippen LogP contribution in [0.4, 0.5) is 8.78 Å². The van der Waals surface area contributed by atoms with Crippen LogP contribution in [0.5, 0.6) is 0 Å². The van der Waals surface area contributed by atoms with Crippen LogP contribution in [-0.2, 0) is 0 Å². The molecule has 0 atom stereocenters. The van der Waals surface area contributed by atoms with Gasteiger partial charge in [-0.2, -0.15) is 0 Å². The van der Waals surface area contributed by atoms with Crippen molar-refractivity contribution < 1.29 is 13.6 Å². The molecule has 0 spiro atoms. The van der Waals surface area contributed by atoms with E-state index < -0.39 is 12.0 Å². The molecule has 1 aromatic heterocycles. The number of pyridine rings is 1. The maximum absolute atomic E-state index is 12.3. The topological polar surface area (TPSA) is 30.0 Å². The molecule has 0 saturated heterocycles. The van der Waals surface area contributed by atoms with Crippen LogP contribution >= 0.6 is 34.2 Å². The van der Waals surface area contributed by atoms with E-state index in [1.54, 1.807) is 22.6 Å². The van der Waals surface area contributed by atoms with E-state index in [9.17, 15) is 13.6 Å². The Bertz CT molecular complexity index is 346. The van der Waals surface area contributed by atoms with Crippen molar-refractivity contribution in [2.75, 3.05) is 0 Å². The quantitative estimate of drug-likeness (QED) is 0.477. The van der Waals surface area contributed by atoms with Crippen LogP contribution in [0.25, 0.3) is 0 Å². The van der Waals surface area contributed by atoms with Gasteiger partial charge in [0.25, 0.3) is 6.43 Å². The molecule has 0 unspecified atom stereocenters. The van der Waals surface area contributed by atoms with Crippen LogP contribution in [-0.4, -0.2) is 11.3 Å². The van der Waals surface area contributed by atoms with Crippen molar-refractivity contribution in [3.8, 4) is 0 Å². The minimum atomic E-state index is -2.78. The smallest absolute Gasteiger partial charge is 0.267 e. The molecule has 2 nitrogen and oxygen atoms in total. The Labute approximate surface area is 91.4 Å². The van der Waals surface area contributed by atoms with Gasteiger partial charge < -0.3 is 0 Å². The highest BCUT2D eigenvalue weighted by atomic mass is 127. The molecule has 0 fully saturated rings. The Morgan fingerprint density at radius 3 is 2.69 bits per heavy atom. The molecule has 70 valence electrons. The molecule has 0 aliphatic heterocycles. The summed E-state index contributed by atoms with van der Waals surface area (Å²) in [6.45, 7) is 0. The first-order valence-corrected chi connectivity index (χ1v) is 4.61. The SMILES string of the molecule is O=Cc1nc(I)cc(Cl)c1C(F)F. The molecule has 1 heterocycles. The highest BCUT2D eigenvalue weighted by Gasteiger charge is 2.18. The van der Waals surface area contributed by atoms with E-state index in [1.165, 1.54) is 6.07 Å². The van der Waals surface area contributed by atoms with Crippen LogP contribution in [0.2, 0.25) is 5.02 Å². The van der Waals surface area contributed by atoms with Crippen molar-refractivity contribution >= 4 is 40.5 Å². The highest BCUT2D eigenvalue weighted by Crippen LogP contribution is 2.29. The largest absolute Gasteiger partial charge is 0.296 e. The number of hydrogen-bond donors (Lipinski definition) is 0. The van der Waals surface area contributed by atoms with E-state index in [1.807, 2.05) is 0 Å². The zero-order valence-electron chi connectivity index (χ0n) is 6.10. The molecule has 6 heteroatoms. The van der Waals surface area contributed by atoms with Gasteiger partial charge in [-0.25, -0.2) is 13.8 Å². The Morgan fingerprint density at radius 1 is 1.62 bits per heavy atom. The summed E-state index contributed by atoms with van der Waals surface area (Å²) in [5.41, 5.74) is -0.802. The Hall–Kier alpha value is -0.300. The fourth-order valence-electron chi connectivity index (χ4n) is 0.818. The lowest BCUT2D eigenvalue weighted by Gasteiger charge is -2.05. The minimum Gasteiger partial charge on any atom is -0.296 e. The molecule has 1 rings (SSSR count). The number of carbonyl (C=O) groups is 1. The van der Waals surface area contributed by atoms with Gasteiger partial charge in [0, 0.05) is 0 Å². The van der Waals surface area contributed by atoms with Crippen molar-refractivity contribution in [1.82, 2.24) is 4.98 Å². The molecule has 0 aliphatic carbocycles. The standard InChI is InChI=1S/C7H3ClF2INO/c8-3-1-5(11)12-4(2-13)6(3)7(9)10/h1-2,7H. The summed E-state index contributed by atoms with van der Waals surface area (Å²) < 4.78 is 25.1. The molecular weight excluding hydrogens is 314 g/mol. The van der Waals surface area contributed by atoms with Gasteiger partial charge in [0.2, 0.25) is 0 Å². The molecule has 0 bridgehead atoms. The maximum Gasteiger partial charge on any atom is 0.267 e. The normalized spacial score (nSPS) is 10.5. The molecule has 0 amide bonds. The average Bonchev–Trinajstić information content (AvgIpc) is 2.01. The van der Waals surface area contributed by atoms with Crippen LogP contribution in [0.3, 0.4) is 0 Å². The number of rotatable bonds is 2. The zero-order valence-corrected chi connectivity index (χ0v) is 9.01. The van der Waals surface area contributed by atoms with Crippen molar-refractivity contribution in [2.45, 2.75) is 6.43 Å². The second-order valence-corrected chi connectivity index (χ2v) is 3.66. The van der Waals surface area contributed by atoms with E-state index in [0.717, 1.165) is 0 Å². The molecule has 0 radical (unpaired) electrons. The van der Waals surface area contributed by atoms with Crippen LogP contribution in [0.15, 0.2) is 6.07 Å². The first-order chi connectivity index (χ1) is 6.06. The molecular formula is C7H3ClF2INO. The maximum atomic E-state index is 12.3. The van der Waals surface area contributed by atoms with Gasteiger partial charge in [-0.05, 0) is 28.7 Å². The molecule has 0 N–H and O–H groups in total. The number of carbonyl (C=O) groups excluding carboxylic acids is 1. The van der Waals surface area contributed by atoms with Gasteiger partial charge in [0.05, 0.1) is 10.6 Å². The fraction of sp³-hybridized carbons (Fsp3) is 0.143. The number of hydrogen-bond acceptors (Lipinski definition) is 2. The van der Waals surface area contributed by atoms with Crippen molar-refractivity contribution in [1.29, 1.82) is 0 Å². The summed E-state index contributed by atoms with van der Waals surface area (Å²) in [6.07, 6.45) is -2.51. The third-order valence-electron chi connectivity index (χ3n) is 1.34. The van der Waals surface area contributed by atoms with Gasteiger partial charge in [0.15, 0.2) is 6.29 Å². The number of aldehydes is 1. The average molecular weight is 317 g/mol. The molecule has 0 aromatic carbocycles. The monoisotopic (exact) mass is 317 g/mol. The van der Waals surface area contributed by atoms with E-state index >= 15 is 0 Å². The fourth-order valence-corrected chi connectivity index (χ4v) is 1.86. The van der Waals surface area contributed by atoms with Crippen LogP contribution < -0.4 is 0 Å².